The van der Waals surface area contributed by atoms with E-state index in [9.17, 15) is 8.42 Å². The molecule has 1 saturated heterocycles. The first-order valence-electron chi connectivity index (χ1n) is 5.38. The second-order valence-corrected chi connectivity index (χ2v) is 8.05. The van der Waals surface area contributed by atoms with Crippen molar-refractivity contribution in [2.24, 2.45) is 0 Å². The Bertz CT molecular complexity index is 308. The third kappa shape index (κ3) is 3.08. The fourth-order valence-corrected chi connectivity index (χ4v) is 3.28. The molecule has 1 fully saturated rings. The molecule has 0 radical (unpaired) electrons. The SMILES string of the molecule is CC(C)(C)S(=O)(=O)N1CC1CCCCCl. The molecule has 15 heavy (non-hydrogen) atoms. The lowest BCUT2D eigenvalue weighted by atomic mass is 10.2. The molecule has 0 saturated carbocycles. The van der Waals surface area contributed by atoms with E-state index in [0.717, 1.165) is 19.3 Å². The van der Waals surface area contributed by atoms with Crippen molar-refractivity contribution in [3.05, 3.63) is 0 Å². The molecule has 5 heteroatoms. The molecule has 0 aromatic heterocycles. The van der Waals surface area contributed by atoms with Crippen molar-refractivity contribution >= 4 is 21.6 Å². The highest BCUT2D eigenvalue weighted by atomic mass is 35.5. The molecule has 90 valence electrons. The van der Waals surface area contributed by atoms with Crippen molar-refractivity contribution < 1.29 is 8.42 Å². The predicted octanol–water partition coefficient (Wildman–Crippen LogP) is 2.21. The van der Waals surface area contributed by atoms with E-state index < -0.39 is 14.8 Å². The van der Waals surface area contributed by atoms with Gasteiger partial charge in [-0.1, -0.05) is 6.42 Å². The molecule has 0 aliphatic carbocycles. The van der Waals surface area contributed by atoms with Crippen molar-refractivity contribution in [3.8, 4) is 0 Å². The van der Waals surface area contributed by atoms with Crippen molar-refractivity contribution in [2.45, 2.75) is 50.8 Å². The van der Waals surface area contributed by atoms with Crippen LogP contribution in [0.3, 0.4) is 0 Å². The zero-order chi connectivity index (χ0) is 11.7. The Morgan fingerprint density at radius 3 is 2.40 bits per heavy atom. The quantitative estimate of drug-likeness (QED) is 0.428. The van der Waals surface area contributed by atoms with Gasteiger partial charge in [-0.15, -0.1) is 11.6 Å². The number of hydrogen-bond donors (Lipinski definition) is 0. The lowest BCUT2D eigenvalue weighted by Gasteiger charge is -2.20. The molecule has 1 rings (SSSR count). The highest BCUT2D eigenvalue weighted by Crippen LogP contribution is 2.33. The fourth-order valence-electron chi connectivity index (χ4n) is 1.52. The van der Waals surface area contributed by atoms with E-state index in [1.807, 2.05) is 0 Å². The average molecular weight is 254 g/mol. The smallest absolute Gasteiger partial charge is 0.212 e. The maximum absolute atomic E-state index is 12.0. The van der Waals surface area contributed by atoms with Gasteiger partial charge in [0.25, 0.3) is 0 Å². The van der Waals surface area contributed by atoms with Crippen LogP contribution in [0.25, 0.3) is 0 Å². The predicted molar refractivity (Wildman–Crippen MR) is 63.7 cm³/mol. The Kier molecular flexibility index (Phi) is 4.07. The van der Waals surface area contributed by atoms with Gasteiger partial charge in [0, 0.05) is 18.5 Å². The molecule has 0 aromatic rings. The van der Waals surface area contributed by atoms with Gasteiger partial charge in [0.05, 0.1) is 4.75 Å². The first kappa shape index (κ1) is 13.3. The molecular formula is C10H20ClNO2S. The molecule has 0 N–H and O–H groups in total. The second kappa shape index (κ2) is 4.60. The average Bonchev–Trinajstić information content (AvgIpc) is 2.82. The highest BCUT2D eigenvalue weighted by molar-refractivity contribution is 7.90. The molecule has 1 aliphatic heterocycles. The van der Waals surface area contributed by atoms with E-state index in [-0.39, 0.29) is 6.04 Å². The lowest BCUT2D eigenvalue weighted by molar-refractivity contribution is 0.509. The summed E-state index contributed by atoms with van der Waals surface area (Å²) in [6.07, 6.45) is 2.94. The van der Waals surface area contributed by atoms with Crippen molar-refractivity contribution in [1.29, 1.82) is 0 Å². The van der Waals surface area contributed by atoms with E-state index in [2.05, 4.69) is 0 Å². The lowest BCUT2D eigenvalue weighted by Crippen LogP contribution is -2.34. The summed E-state index contributed by atoms with van der Waals surface area (Å²) in [5.74, 6) is 0.665. The van der Waals surface area contributed by atoms with Crippen LogP contribution in [0.2, 0.25) is 0 Å². The minimum Gasteiger partial charge on any atom is -0.212 e. The summed E-state index contributed by atoms with van der Waals surface area (Å²) in [4.78, 5) is 0. The summed E-state index contributed by atoms with van der Waals surface area (Å²) >= 11 is 5.57. The highest BCUT2D eigenvalue weighted by Gasteiger charge is 2.48. The summed E-state index contributed by atoms with van der Waals surface area (Å²) in [7, 11) is -3.09. The first-order chi connectivity index (χ1) is 6.80. The molecule has 0 aromatic carbocycles. The number of rotatable bonds is 5. The van der Waals surface area contributed by atoms with Gasteiger partial charge in [0.15, 0.2) is 0 Å². The number of unbranched alkanes of at least 4 members (excludes halogenated alkanes) is 1. The molecule has 1 heterocycles. The molecule has 0 spiro atoms. The number of alkyl halides is 1. The summed E-state index contributed by atoms with van der Waals surface area (Å²) < 4.78 is 24.9. The van der Waals surface area contributed by atoms with Crippen LogP contribution in [0.15, 0.2) is 0 Å². The minimum absolute atomic E-state index is 0.234. The minimum atomic E-state index is -3.09. The maximum Gasteiger partial charge on any atom is 0.219 e. The molecule has 2 atom stereocenters. The van der Waals surface area contributed by atoms with Crippen LogP contribution in [-0.2, 0) is 10.0 Å². The van der Waals surface area contributed by atoms with Gasteiger partial charge in [-0.2, -0.15) is 4.31 Å². The van der Waals surface area contributed by atoms with Gasteiger partial charge in [-0.3, -0.25) is 0 Å². The van der Waals surface area contributed by atoms with Crippen molar-refractivity contribution in [3.63, 3.8) is 0 Å². The third-order valence-corrected chi connectivity index (χ3v) is 5.55. The second-order valence-electron chi connectivity index (χ2n) is 5.03. The van der Waals surface area contributed by atoms with E-state index in [4.69, 9.17) is 11.6 Å². The zero-order valence-corrected chi connectivity index (χ0v) is 11.2. The number of halogens is 1. The molecular weight excluding hydrogens is 234 g/mol. The van der Waals surface area contributed by atoms with Gasteiger partial charge < -0.3 is 0 Å². The van der Waals surface area contributed by atoms with Crippen LogP contribution in [0.5, 0.6) is 0 Å². The molecule has 2 unspecified atom stereocenters. The van der Waals surface area contributed by atoms with Gasteiger partial charge >= 0.3 is 0 Å². The zero-order valence-electron chi connectivity index (χ0n) is 9.66. The van der Waals surface area contributed by atoms with Gasteiger partial charge in [-0.05, 0) is 33.6 Å². The number of nitrogens with zero attached hydrogens (tertiary/aromatic N) is 1. The van der Waals surface area contributed by atoms with Gasteiger partial charge in [0.2, 0.25) is 10.0 Å². The topological polar surface area (TPSA) is 37.1 Å². The van der Waals surface area contributed by atoms with Crippen LogP contribution in [-0.4, -0.2) is 35.9 Å². The third-order valence-electron chi connectivity index (χ3n) is 2.67. The largest absolute Gasteiger partial charge is 0.219 e. The van der Waals surface area contributed by atoms with Crippen LogP contribution >= 0.6 is 11.6 Å². The first-order valence-corrected chi connectivity index (χ1v) is 7.35. The van der Waals surface area contributed by atoms with Crippen molar-refractivity contribution in [1.82, 2.24) is 4.31 Å². The Morgan fingerprint density at radius 1 is 1.33 bits per heavy atom. The van der Waals surface area contributed by atoms with E-state index in [0.29, 0.717) is 12.4 Å². The maximum atomic E-state index is 12.0. The normalized spacial score (nSPS) is 26.7. The molecule has 0 bridgehead atoms. The fraction of sp³-hybridized carbons (Fsp3) is 1.00. The number of sulfonamides is 1. The van der Waals surface area contributed by atoms with E-state index in [1.54, 1.807) is 25.1 Å². The Balaban J connectivity index is 2.44. The molecule has 3 nitrogen and oxygen atoms in total. The standard InChI is InChI=1S/C10H20ClNO2S/c1-10(2,3)15(13,14)12-8-9(12)6-4-5-7-11/h9H,4-8H2,1-3H3. The molecule has 0 amide bonds. The van der Waals surface area contributed by atoms with Crippen LogP contribution in [0, 0.1) is 0 Å². The van der Waals surface area contributed by atoms with E-state index >= 15 is 0 Å². The Morgan fingerprint density at radius 2 is 1.93 bits per heavy atom. The summed E-state index contributed by atoms with van der Waals surface area (Å²) in [6, 6.07) is 0.234. The summed E-state index contributed by atoms with van der Waals surface area (Å²) in [5, 5.41) is 0. The van der Waals surface area contributed by atoms with Gasteiger partial charge in [-0.25, -0.2) is 8.42 Å². The Hall–Kier alpha value is 0.200. The van der Waals surface area contributed by atoms with E-state index in [1.165, 1.54) is 0 Å². The number of hydrogen-bond acceptors (Lipinski definition) is 2. The summed E-state index contributed by atoms with van der Waals surface area (Å²) in [6.45, 7) is 5.94. The molecule has 1 aliphatic rings. The Labute approximate surface area is 97.8 Å². The van der Waals surface area contributed by atoms with Crippen LogP contribution < -0.4 is 0 Å². The van der Waals surface area contributed by atoms with Crippen LogP contribution in [0.4, 0.5) is 0 Å². The van der Waals surface area contributed by atoms with Crippen LogP contribution in [0.1, 0.15) is 40.0 Å². The van der Waals surface area contributed by atoms with Gasteiger partial charge in [0.1, 0.15) is 0 Å². The monoisotopic (exact) mass is 253 g/mol. The van der Waals surface area contributed by atoms with Crippen molar-refractivity contribution in [2.75, 3.05) is 12.4 Å². The summed E-state index contributed by atoms with van der Waals surface area (Å²) in [5.41, 5.74) is 0.